The van der Waals surface area contributed by atoms with Crippen molar-refractivity contribution in [2.45, 2.75) is 19.3 Å². The summed E-state index contributed by atoms with van der Waals surface area (Å²) in [6.07, 6.45) is 3.24. The number of rotatable bonds is 1. The molecule has 1 aromatic carbocycles. The molecule has 16 heavy (non-hydrogen) atoms. The second-order valence-corrected chi connectivity index (χ2v) is 4.58. The van der Waals surface area contributed by atoms with Crippen LogP contribution in [0.15, 0.2) is 23.2 Å². The lowest BCUT2D eigenvalue weighted by Gasteiger charge is -2.22. The molecule has 0 radical (unpaired) electrons. The lowest BCUT2D eigenvalue weighted by atomic mass is 9.90. The number of aliphatic imine (C=N–C) groups is 1. The Hall–Kier alpha value is -1.22. The van der Waals surface area contributed by atoms with Crippen LogP contribution < -0.4 is 5.32 Å². The minimum Gasteiger partial charge on any atom is -0.317 e. The monoisotopic (exact) mass is 218 g/mol. The van der Waals surface area contributed by atoms with Crippen LogP contribution in [0.5, 0.6) is 0 Å². The minimum atomic E-state index is -0.186. The normalized spacial score (nSPS) is 20.7. The van der Waals surface area contributed by atoms with Gasteiger partial charge in [0, 0.05) is 18.1 Å². The molecule has 3 heteroatoms. The van der Waals surface area contributed by atoms with Crippen LogP contribution in [0.3, 0.4) is 0 Å². The van der Waals surface area contributed by atoms with E-state index in [1.54, 1.807) is 6.07 Å². The number of piperidine rings is 1. The van der Waals surface area contributed by atoms with Crippen LogP contribution in [-0.4, -0.2) is 18.8 Å². The summed E-state index contributed by atoms with van der Waals surface area (Å²) in [5.41, 5.74) is 3.27. The predicted octanol–water partition coefficient (Wildman–Crippen LogP) is 2.45. The maximum absolute atomic E-state index is 13.1. The van der Waals surface area contributed by atoms with Crippen molar-refractivity contribution < 1.29 is 4.39 Å². The van der Waals surface area contributed by atoms with E-state index in [0.717, 1.165) is 38.0 Å². The molecule has 2 aliphatic rings. The number of benzene rings is 1. The van der Waals surface area contributed by atoms with Gasteiger partial charge in [0.15, 0.2) is 0 Å². The molecule has 1 aromatic rings. The van der Waals surface area contributed by atoms with Crippen LogP contribution in [0.4, 0.5) is 10.1 Å². The molecule has 0 spiro atoms. The zero-order valence-corrected chi connectivity index (χ0v) is 9.17. The summed E-state index contributed by atoms with van der Waals surface area (Å²) in [5.74, 6) is 0.408. The summed E-state index contributed by atoms with van der Waals surface area (Å²) in [4.78, 5) is 4.58. The number of halogens is 1. The molecule has 1 N–H and O–H groups in total. The van der Waals surface area contributed by atoms with Gasteiger partial charge in [0.1, 0.15) is 5.82 Å². The highest BCUT2D eigenvalue weighted by Gasteiger charge is 2.24. The van der Waals surface area contributed by atoms with Gasteiger partial charge >= 0.3 is 0 Å². The molecule has 2 aliphatic heterocycles. The van der Waals surface area contributed by atoms with Gasteiger partial charge < -0.3 is 5.32 Å². The first-order chi connectivity index (χ1) is 7.83. The van der Waals surface area contributed by atoms with Crippen molar-refractivity contribution in [3.8, 4) is 0 Å². The number of nitrogens with one attached hydrogen (secondary N) is 1. The van der Waals surface area contributed by atoms with Crippen molar-refractivity contribution in [2.24, 2.45) is 10.9 Å². The summed E-state index contributed by atoms with van der Waals surface area (Å²) in [5, 5.41) is 3.35. The van der Waals surface area contributed by atoms with Gasteiger partial charge in [-0.2, -0.15) is 0 Å². The van der Waals surface area contributed by atoms with Crippen molar-refractivity contribution >= 4 is 11.4 Å². The van der Waals surface area contributed by atoms with Gasteiger partial charge in [0.25, 0.3) is 0 Å². The van der Waals surface area contributed by atoms with Gasteiger partial charge in [-0.15, -0.1) is 0 Å². The lowest BCUT2D eigenvalue weighted by Crippen LogP contribution is -2.31. The minimum absolute atomic E-state index is 0.186. The van der Waals surface area contributed by atoms with E-state index in [0.29, 0.717) is 5.92 Å². The Morgan fingerprint density at radius 1 is 1.25 bits per heavy atom. The summed E-state index contributed by atoms with van der Waals surface area (Å²) in [6.45, 7) is 2.16. The SMILES string of the molecule is Fc1ccc2c(c1)N=C(C1CCNCC1)C2. The second-order valence-electron chi connectivity index (χ2n) is 4.58. The molecule has 0 atom stereocenters. The van der Waals surface area contributed by atoms with Gasteiger partial charge in [0.2, 0.25) is 0 Å². The maximum atomic E-state index is 13.1. The molecule has 0 amide bonds. The average Bonchev–Trinajstić information content (AvgIpc) is 2.73. The zero-order valence-electron chi connectivity index (χ0n) is 9.17. The number of nitrogens with zero attached hydrogens (tertiary/aromatic N) is 1. The van der Waals surface area contributed by atoms with Crippen molar-refractivity contribution in [3.63, 3.8) is 0 Å². The first-order valence-electron chi connectivity index (χ1n) is 5.89. The summed E-state index contributed by atoms with van der Waals surface area (Å²) in [7, 11) is 0. The first-order valence-corrected chi connectivity index (χ1v) is 5.89. The van der Waals surface area contributed by atoms with Gasteiger partial charge in [-0.3, -0.25) is 4.99 Å². The third-order valence-electron chi connectivity index (χ3n) is 3.49. The average molecular weight is 218 g/mol. The van der Waals surface area contributed by atoms with E-state index in [1.807, 2.05) is 6.07 Å². The Morgan fingerprint density at radius 2 is 2.06 bits per heavy atom. The van der Waals surface area contributed by atoms with Crippen LogP contribution in [0, 0.1) is 11.7 Å². The summed E-state index contributed by atoms with van der Waals surface area (Å²) < 4.78 is 13.1. The third-order valence-corrected chi connectivity index (χ3v) is 3.49. The highest BCUT2D eigenvalue weighted by molar-refractivity contribution is 5.95. The van der Waals surface area contributed by atoms with E-state index < -0.39 is 0 Å². The van der Waals surface area contributed by atoms with Crippen LogP contribution in [0.2, 0.25) is 0 Å². The molecule has 1 fully saturated rings. The van der Waals surface area contributed by atoms with Gasteiger partial charge in [-0.25, -0.2) is 4.39 Å². The lowest BCUT2D eigenvalue weighted by molar-refractivity contribution is 0.454. The zero-order chi connectivity index (χ0) is 11.0. The smallest absolute Gasteiger partial charge is 0.125 e. The molecular formula is C13H15FN2. The molecular weight excluding hydrogens is 203 g/mol. The molecule has 0 saturated carbocycles. The van der Waals surface area contributed by atoms with E-state index in [4.69, 9.17) is 0 Å². The van der Waals surface area contributed by atoms with Crippen LogP contribution >= 0.6 is 0 Å². The Morgan fingerprint density at radius 3 is 2.88 bits per heavy atom. The molecule has 1 saturated heterocycles. The number of fused-ring (bicyclic) bond motifs is 1. The molecule has 2 heterocycles. The van der Waals surface area contributed by atoms with E-state index in [9.17, 15) is 4.39 Å². The van der Waals surface area contributed by atoms with Crippen LogP contribution in [-0.2, 0) is 6.42 Å². The molecule has 2 nitrogen and oxygen atoms in total. The Kier molecular flexibility index (Phi) is 2.48. The number of hydrogen-bond donors (Lipinski definition) is 1. The number of hydrogen-bond acceptors (Lipinski definition) is 2. The topological polar surface area (TPSA) is 24.4 Å². The highest BCUT2D eigenvalue weighted by atomic mass is 19.1. The van der Waals surface area contributed by atoms with Gasteiger partial charge in [-0.1, -0.05) is 6.07 Å². The summed E-state index contributed by atoms with van der Waals surface area (Å²) >= 11 is 0. The van der Waals surface area contributed by atoms with Gasteiger partial charge in [0.05, 0.1) is 5.69 Å². The molecule has 0 aliphatic carbocycles. The molecule has 3 rings (SSSR count). The predicted molar refractivity (Wildman–Crippen MR) is 62.8 cm³/mol. The molecule has 0 unspecified atom stereocenters. The Bertz CT molecular complexity index is 434. The fourth-order valence-corrected chi connectivity index (χ4v) is 2.57. The molecule has 0 bridgehead atoms. The second kappa shape index (κ2) is 3.98. The maximum Gasteiger partial charge on any atom is 0.125 e. The molecule has 0 aromatic heterocycles. The third kappa shape index (κ3) is 1.76. The van der Waals surface area contributed by atoms with E-state index in [1.165, 1.54) is 17.3 Å². The van der Waals surface area contributed by atoms with Gasteiger partial charge in [-0.05, 0) is 43.6 Å². The standard InChI is InChI=1S/C13H15FN2/c14-11-2-1-10-7-12(16-13(10)8-11)9-3-5-15-6-4-9/h1-2,8-9,15H,3-7H2. The quantitative estimate of drug-likeness (QED) is 0.769. The highest BCUT2D eigenvalue weighted by Crippen LogP contribution is 2.31. The Balaban J connectivity index is 1.83. The summed E-state index contributed by atoms with van der Waals surface area (Å²) in [6, 6.07) is 4.94. The van der Waals surface area contributed by atoms with Crippen molar-refractivity contribution in [3.05, 3.63) is 29.6 Å². The van der Waals surface area contributed by atoms with Crippen molar-refractivity contribution in [1.29, 1.82) is 0 Å². The van der Waals surface area contributed by atoms with E-state index in [2.05, 4.69) is 10.3 Å². The van der Waals surface area contributed by atoms with Crippen LogP contribution in [0.1, 0.15) is 18.4 Å². The van der Waals surface area contributed by atoms with Crippen molar-refractivity contribution in [2.75, 3.05) is 13.1 Å². The Labute approximate surface area is 94.6 Å². The van der Waals surface area contributed by atoms with E-state index >= 15 is 0 Å². The van der Waals surface area contributed by atoms with E-state index in [-0.39, 0.29) is 5.82 Å². The fraction of sp³-hybridized carbons (Fsp3) is 0.462. The fourth-order valence-electron chi connectivity index (χ4n) is 2.57. The largest absolute Gasteiger partial charge is 0.317 e. The first kappa shape index (κ1) is 9.97. The molecule has 84 valence electrons. The van der Waals surface area contributed by atoms with Crippen LogP contribution in [0.25, 0.3) is 0 Å². The van der Waals surface area contributed by atoms with Crippen molar-refractivity contribution in [1.82, 2.24) is 5.32 Å².